The molecule has 0 aromatic heterocycles. The Balaban J connectivity index is 2.26. The van der Waals surface area contributed by atoms with E-state index in [1.807, 2.05) is 0 Å². The maximum Gasteiger partial charge on any atom is 0.0864 e. The topological polar surface area (TPSA) is 36.2 Å². The van der Waals surface area contributed by atoms with Crippen molar-refractivity contribution in [3.05, 3.63) is 0 Å². The third-order valence-corrected chi connectivity index (χ3v) is 7.38. The molecule has 1 saturated carbocycles. The van der Waals surface area contributed by atoms with Crippen molar-refractivity contribution < 1.29 is 0 Å². The smallest absolute Gasteiger partial charge is 0.0864 e. The van der Waals surface area contributed by atoms with Crippen LogP contribution in [-0.2, 0) is 0 Å². The van der Waals surface area contributed by atoms with Crippen LogP contribution in [0.5, 0.6) is 0 Å². The Hall–Kier alpha value is -0.620. The van der Waals surface area contributed by atoms with Crippen LogP contribution in [0.1, 0.15) is 155 Å². The molecule has 0 unspecified atom stereocenters. The van der Waals surface area contributed by atoms with Gasteiger partial charge in [-0.3, -0.25) is 0 Å². The minimum absolute atomic E-state index is 0.387. The van der Waals surface area contributed by atoms with E-state index >= 15 is 0 Å². The molecular weight excluding hydrogens is 352 g/mol. The Bertz CT molecular complexity index is 381. The Labute approximate surface area is 183 Å². The van der Waals surface area contributed by atoms with E-state index in [-0.39, 0.29) is 0 Å². The van der Waals surface area contributed by atoms with Crippen LogP contribution in [0.25, 0.3) is 0 Å². The summed E-state index contributed by atoms with van der Waals surface area (Å²) in [7, 11) is 0. The number of rotatable bonds is 19. The molecule has 0 saturated heterocycles. The van der Waals surface area contributed by atoms with Gasteiger partial charge in [-0.1, -0.05) is 117 Å². The highest BCUT2D eigenvalue weighted by Crippen LogP contribution is 2.45. The fraction of sp³-hybridized carbons (Fsp3) is 0.963. The molecule has 1 aliphatic carbocycles. The number of aliphatic imine (C=N–C) groups is 1. The van der Waals surface area contributed by atoms with Crippen molar-refractivity contribution in [2.75, 3.05) is 0 Å². The first-order valence-corrected chi connectivity index (χ1v) is 13.4. The Morgan fingerprint density at radius 1 is 0.655 bits per heavy atom. The Kier molecular flexibility index (Phi) is 16.6. The summed E-state index contributed by atoms with van der Waals surface area (Å²) in [6.07, 6.45) is 30.8. The number of hydrogen-bond donors (Lipinski definition) is 1. The minimum Gasteiger partial charge on any atom is -0.242 e. The van der Waals surface area contributed by atoms with Crippen LogP contribution in [-0.4, -0.2) is 12.1 Å². The van der Waals surface area contributed by atoms with Crippen molar-refractivity contribution in [2.45, 2.75) is 161 Å². The minimum atomic E-state index is 0.387. The van der Waals surface area contributed by atoms with Crippen molar-refractivity contribution in [3.8, 4) is 0 Å². The molecule has 0 aromatic carbocycles. The summed E-state index contributed by atoms with van der Waals surface area (Å²) >= 11 is 0. The monoisotopic (exact) mass is 404 g/mol. The second-order valence-corrected chi connectivity index (χ2v) is 9.92. The maximum atomic E-state index is 7.16. The van der Waals surface area contributed by atoms with Crippen molar-refractivity contribution in [2.24, 2.45) is 10.4 Å². The molecule has 0 heterocycles. The zero-order valence-corrected chi connectivity index (χ0v) is 20.1. The van der Waals surface area contributed by atoms with Crippen LogP contribution < -0.4 is 0 Å². The summed E-state index contributed by atoms with van der Waals surface area (Å²) in [4.78, 5) is 4.26. The molecule has 1 aliphatic rings. The number of nitrogens with one attached hydrogen (secondary N) is 1. The zero-order chi connectivity index (χ0) is 21.0. The second kappa shape index (κ2) is 18.2. The van der Waals surface area contributed by atoms with Gasteiger partial charge in [0.1, 0.15) is 0 Å². The Morgan fingerprint density at radius 3 is 1.41 bits per heavy atom. The van der Waals surface area contributed by atoms with Gasteiger partial charge in [-0.15, -0.1) is 0 Å². The molecule has 0 amide bonds. The van der Waals surface area contributed by atoms with Crippen molar-refractivity contribution in [3.63, 3.8) is 0 Å². The van der Waals surface area contributed by atoms with E-state index in [2.05, 4.69) is 24.8 Å². The van der Waals surface area contributed by atoms with Crippen molar-refractivity contribution in [1.29, 1.82) is 5.41 Å². The van der Waals surface area contributed by atoms with E-state index in [0.29, 0.717) is 11.5 Å². The molecule has 170 valence electrons. The van der Waals surface area contributed by atoms with E-state index < -0.39 is 0 Å². The van der Waals surface area contributed by atoms with Gasteiger partial charge in [-0.05, 0) is 43.9 Å². The largest absolute Gasteiger partial charge is 0.242 e. The lowest BCUT2D eigenvalue weighted by atomic mass is 9.67. The molecule has 0 atom stereocenters. The van der Waals surface area contributed by atoms with Crippen molar-refractivity contribution >= 4 is 6.01 Å². The highest BCUT2D eigenvalue weighted by molar-refractivity contribution is 5.36. The summed E-state index contributed by atoms with van der Waals surface area (Å²) in [6, 6.07) is 2.69. The van der Waals surface area contributed by atoms with Crippen molar-refractivity contribution in [1.82, 2.24) is 0 Å². The SMILES string of the molecule is CCCCCCCCCCC1(CCCCCCCCCC)CCC(N=C=N)CC1. The first-order valence-electron chi connectivity index (χ1n) is 13.4. The molecule has 2 nitrogen and oxygen atoms in total. The lowest BCUT2D eigenvalue weighted by Crippen LogP contribution is -2.29. The molecule has 1 rings (SSSR count). The number of unbranched alkanes of at least 4 members (excludes halogenated alkanes) is 14. The normalized spacial score (nSPS) is 16.6. The van der Waals surface area contributed by atoms with E-state index in [1.165, 1.54) is 141 Å². The molecule has 0 bridgehead atoms. The van der Waals surface area contributed by atoms with Gasteiger partial charge in [-0.25, -0.2) is 10.4 Å². The summed E-state index contributed by atoms with van der Waals surface area (Å²) in [5.74, 6) is 0. The molecule has 0 spiro atoms. The first kappa shape index (κ1) is 26.4. The maximum absolute atomic E-state index is 7.16. The average Bonchev–Trinajstić information content (AvgIpc) is 2.74. The standard InChI is InChI=1S/C27H52N2/c1-3-5-7-9-11-13-15-17-21-27(23-19-26(20-24-27)29-25-28)22-18-16-14-12-10-8-6-4-2/h26,28H,3-24H2,1-2H3. The molecule has 1 N–H and O–H groups in total. The van der Waals surface area contributed by atoms with Gasteiger partial charge in [0.25, 0.3) is 0 Å². The molecular formula is C27H52N2. The van der Waals surface area contributed by atoms with Gasteiger partial charge in [0.05, 0.1) is 12.1 Å². The zero-order valence-electron chi connectivity index (χ0n) is 20.1. The number of hydrogen-bond acceptors (Lipinski definition) is 2. The predicted octanol–water partition coefficient (Wildman–Crippen LogP) is 9.73. The van der Waals surface area contributed by atoms with Gasteiger partial charge in [0.15, 0.2) is 0 Å². The van der Waals surface area contributed by atoms with Crippen LogP contribution in [0.3, 0.4) is 0 Å². The lowest BCUT2D eigenvalue weighted by Gasteiger charge is -2.39. The van der Waals surface area contributed by atoms with Gasteiger partial charge in [-0.2, -0.15) is 0 Å². The van der Waals surface area contributed by atoms with E-state index in [9.17, 15) is 0 Å². The van der Waals surface area contributed by atoms with E-state index in [4.69, 9.17) is 5.41 Å². The quantitative estimate of drug-likeness (QED) is 0.164. The summed E-state index contributed by atoms with van der Waals surface area (Å²) in [6.45, 7) is 4.60. The number of nitrogens with zero attached hydrogens (tertiary/aromatic N) is 1. The summed E-state index contributed by atoms with van der Waals surface area (Å²) in [5, 5.41) is 7.16. The van der Waals surface area contributed by atoms with Gasteiger partial charge in [0.2, 0.25) is 0 Å². The first-order chi connectivity index (χ1) is 14.3. The fourth-order valence-electron chi connectivity index (χ4n) is 5.33. The summed E-state index contributed by atoms with van der Waals surface area (Å²) in [5.41, 5.74) is 0.596. The summed E-state index contributed by atoms with van der Waals surface area (Å²) < 4.78 is 0. The van der Waals surface area contributed by atoms with Crippen LogP contribution in [0.2, 0.25) is 0 Å². The van der Waals surface area contributed by atoms with Gasteiger partial charge < -0.3 is 0 Å². The third-order valence-electron chi connectivity index (χ3n) is 7.38. The van der Waals surface area contributed by atoms with Crippen LogP contribution in [0.15, 0.2) is 4.99 Å². The van der Waals surface area contributed by atoms with Crippen LogP contribution in [0, 0.1) is 10.8 Å². The predicted molar refractivity (Wildman–Crippen MR) is 129 cm³/mol. The highest BCUT2D eigenvalue weighted by Gasteiger charge is 2.34. The second-order valence-electron chi connectivity index (χ2n) is 9.92. The average molecular weight is 405 g/mol. The fourth-order valence-corrected chi connectivity index (χ4v) is 5.33. The molecule has 0 radical (unpaired) electrons. The van der Waals surface area contributed by atoms with Crippen LogP contribution in [0.4, 0.5) is 0 Å². The van der Waals surface area contributed by atoms with Gasteiger partial charge >= 0.3 is 0 Å². The molecule has 1 fully saturated rings. The Morgan fingerprint density at radius 2 is 1.03 bits per heavy atom. The van der Waals surface area contributed by atoms with E-state index in [1.54, 1.807) is 0 Å². The highest BCUT2D eigenvalue weighted by atomic mass is 14.8. The van der Waals surface area contributed by atoms with Gasteiger partial charge in [0, 0.05) is 0 Å². The molecule has 29 heavy (non-hydrogen) atoms. The van der Waals surface area contributed by atoms with E-state index in [0.717, 1.165) is 0 Å². The lowest BCUT2D eigenvalue weighted by molar-refractivity contribution is 0.136. The third kappa shape index (κ3) is 13.3. The van der Waals surface area contributed by atoms with Crippen LogP contribution >= 0.6 is 0 Å². The molecule has 0 aromatic rings. The molecule has 2 heteroatoms. The molecule has 0 aliphatic heterocycles.